The van der Waals surface area contributed by atoms with E-state index in [0.29, 0.717) is 22.1 Å². The summed E-state index contributed by atoms with van der Waals surface area (Å²) in [4.78, 5) is 4.68. The first-order valence-corrected chi connectivity index (χ1v) is 10.1. The van der Waals surface area contributed by atoms with Gasteiger partial charge in [-0.2, -0.15) is 5.26 Å². The molecule has 3 rings (SSSR count). The van der Waals surface area contributed by atoms with Crippen molar-refractivity contribution in [3.05, 3.63) is 57.1 Å². The predicted molar refractivity (Wildman–Crippen MR) is 107 cm³/mol. The van der Waals surface area contributed by atoms with Crippen molar-refractivity contribution in [1.29, 1.82) is 5.26 Å². The summed E-state index contributed by atoms with van der Waals surface area (Å²) < 4.78 is 15.0. The molecule has 0 radical (unpaired) electrons. The molecule has 0 aromatic heterocycles. The number of dihydropyridines is 1. The Kier molecular flexibility index (Phi) is 6.77. The molecule has 2 atom stereocenters. The number of nitriles is 1. The minimum atomic E-state index is -0.857. The topological polar surface area (TPSA) is 65.3 Å². The van der Waals surface area contributed by atoms with E-state index in [0.717, 1.165) is 36.2 Å². The molecule has 4 nitrogen and oxygen atoms in total. The van der Waals surface area contributed by atoms with Crippen LogP contribution in [0.4, 0.5) is 4.39 Å². The lowest BCUT2D eigenvalue weighted by Gasteiger charge is -2.36. The molecular formula is C22H26ClFN2O2. The summed E-state index contributed by atoms with van der Waals surface area (Å²) in [5.41, 5.74) is 3.83. The zero-order valence-corrected chi connectivity index (χ0v) is 17.0. The van der Waals surface area contributed by atoms with Gasteiger partial charge in [0.25, 0.3) is 0 Å². The van der Waals surface area contributed by atoms with Gasteiger partial charge in [0.05, 0.1) is 12.5 Å². The minimum Gasteiger partial charge on any atom is -0.363 e. The monoisotopic (exact) mass is 404 g/mol. The smallest absolute Gasteiger partial charge is 0.130 e. The third-order valence-electron chi connectivity index (χ3n) is 5.97. The fourth-order valence-corrected chi connectivity index (χ4v) is 4.95. The molecule has 28 heavy (non-hydrogen) atoms. The van der Waals surface area contributed by atoms with Crippen LogP contribution in [0.25, 0.3) is 0 Å². The summed E-state index contributed by atoms with van der Waals surface area (Å²) in [5, 5.41) is 22.4. The van der Waals surface area contributed by atoms with Crippen molar-refractivity contribution in [2.75, 3.05) is 0 Å². The van der Waals surface area contributed by atoms with Gasteiger partial charge in [-0.3, -0.25) is 5.26 Å². The normalized spacial score (nSPS) is 21.6. The molecule has 2 aliphatic rings. The van der Waals surface area contributed by atoms with Crippen LogP contribution in [0.1, 0.15) is 63.9 Å². The summed E-state index contributed by atoms with van der Waals surface area (Å²) in [7, 11) is 0. The van der Waals surface area contributed by atoms with Gasteiger partial charge in [-0.05, 0) is 49.5 Å². The largest absolute Gasteiger partial charge is 0.363 e. The molecule has 1 aromatic rings. The van der Waals surface area contributed by atoms with Crippen molar-refractivity contribution in [3.8, 4) is 6.07 Å². The number of rotatable bonds is 6. The van der Waals surface area contributed by atoms with Gasteiger partial charge in [-0.25, -0.2) is 9.28 Å². The molecule has 0 bridgehead atoms. The first kappa shape index (κ1) is 20.9. The van der Waals surface area contributed by atoms with Crippen LogP contribution in [0, 0.1) is 23.1 Å². The molecule has 0 saturated heterocycles. The number of allylic oxidation sites excluding steroid dienone is 3. The van der Waals surface area contributed by atoms with Gasteiger partial charge < -0.3 is 5.32 Å². The highest BCUT2D eigenvalue weighted by molar-refractivity contribution is 6.31. The summed E-state index contributed by atoms with van der Waals surface area (Å²) in [6.07, 6.45) is 4.68. The Bertz CT molecular complexity index is 817. The van der Waals surface area contributed by atoms with Crippen molar-refractivity contribution in [2.45, 2.75) is 64.4 Å². The van der Waals surface area contributed by atoms with E-state index >= 15 is 0 Å². The molecule has 0 spiro atoms. The summed E-state index contributed by atoms with van der Waals surface area (Å²) >= 11 is 6.46. The lowest BCUT2D eigenvalue weighted by Crippen LogP contribution is -2.32. The lowest BCUT2D eigenvalue weighted by molar-refractivity contribution is -0.268. The van der Waals surface area contributed by atoms with Crippen molar-refractivity contribution in [2.24, 2.45) is 5.92 Å². The number of halogens is 2. The van der Waals surface area contributed by atoms with Crippen molar-refractivity contribution >= 4 is 11.6 Å². The average Bonchev–Trinajstić information content (AvgIpc) is 3.16. The summed E-state index contributed by atoms with van der Waals surface area (Å²) in [6.45, 7) is 3.85. The molecule has 0 amide bonds. The van der Waals surface area contributed by atoms with Crippen LogP contribution in [0.15, 0.2) is 40.7 Å². The fraction of sp³-hybridized carbons (Fsp3) is 0.500. The quantitative estimate of drug-likeness (QED) is 0.446. The Morgan fingerprint density at radius 3 is 2.64 bits per heavy atom. The maximum absolute atomic E-state index is 15.0. The Morgan fingerprint density at radius 1 is 1.32 bits per heavy atom. The van der Waals surface area contributed by atoms with E-state index < -0.39 is 17.8 Å². The maximum atomic E-state index is 15.0. The molecule has 1 aliphatic heterocycles. The van der Waals surface area contributed by atoms with Gasteiger partial charge in [0, 0.05) is 27.9 Å². The highest BCUT2D eigenvalue weighted by Gasteiger charge is 2.37. The van der Waals surface area contributed by atoms with Crippen LogP contribution in [0.5, 0.6) is 0 Å². The Balaban J connectivity index is 2.15. The molecule has 2 N–H and O–H groups in total. The van der Waals surface area contributed by atoms with Crippen LogP contribution in [0.2, 0.25) is 5.02 Å². The van der Waals surface area contributed by atoms with E-state index in [4.69, 9.17) is 11.6 Å². The first-order valence-electron chi connectivity index (χ1n) is 9.76. The Hall–Kier alpha value is -1.87. The third kappa shape index (κ3) is 4.10. The second kappa shape index (κ2) is 9.09. The third-order valence-corrected chi connectivity index (χ3v) is 6.30. The molecule has 1 saturated carbocycles. The SMILES string of the molecule is CC1=C(CC2CCCC2)C(c2c(F)cccc2Cl)C(C(CC#N)OO)=C(C)N1. The number of benzene rings is 1. The van der Waals surface area contributed by atoms with Gasteiger partial charge >= 0.3 is 0 Å². The van der Waals surface area contributed by atoms with E-state index in [1.807, 2.05) is 19.9 Å². The predicted octanol–water partition coefficient (Wildman–Crippen LogP) is 6.07. The van der Waals surface area contributed by atoms with Crippen molar-refractivity contribution in [3.63, 3.8) is 0 Å². The van der Waals surface area contributed by atoms with E-state index in [2.05, 4.69) is 10.2 Å². The molecule has 6 heteroatoms. The van der Waals surface area contributed by atoms with Crippen LogP contribution >= 0.6 is 11.6 Å². The van der Waals surface area contributed by atoms with Crippen LogP contribution < -0.4 is 5.32 Å². The summed E-state index contributed by atoms with van der Waals surface area (Å²) in [5.74, 6) is -0.319. The number of hydrogen-bond acceptors (Lipinski definition) is 4. The first-order chi connectivity index (χ1) is 13.5. The van der Waals surface area contributed by atoms with Crippen LogP contribution in [0.3, 0.4) is 0 Å². The zero-order valence-electron chi connectivity index (χ0n) is 16.3. The lowest BCUT2D eigenvalue weighted by atomic mass is 9.74. The second-order valence-corrected chi connectivity index (χ2v) is 8.14. The number of nitrogens with one attached hydrogen (secondary N) is 1. The van der Waals surface area contributed by atoms with Gasteiger partial charge in [0.1, 0.15) is 11.9 Å². The maximum Gasteiger partial charge on any atom is 0.130 e. The highest BCUT2D eigenvalue weighted by atomic mass is 35.5. The molecule has 1 heterocycles. The highest BCUT2D eigenvalue weighted by Crippen LogP contribution is 2.47. The van der Waals surface area contributed by atoms with Gasteiger partial charge in [0.2, 0.25) is 0 Å². The summed E-state index contributed by atoms with van der Waals surface area (Å²) in [6, 6.07) is 6.71. The van der Waals surface area contributed by atoms with Crippen molar-refractivity contribution in [1.82, 2.24) is 5.32 Å². The van der Waals surface area contributed by atoms with E-state index in [1.54, 1.807) is 12.1 Å². The molecule has 1 aliphatic carbocycles. The second-order valence-electron chi connectivity index (χ2n) is 7.73. The minimum absolute atomic E-state index is 0.0385. The average molecular weight is 405 g/mol. The van der Waals surface area contributed by atoms with Crippen LogP contribution in [-0.4, -0.2) is 11.4 Å². The van der Waals surface area contributed by atoms with Crippen molar-refractivity contribution < 1.29 is 14.5 Å². The number of nitrogens with zero attached hydrogens (tertiary/aromatic N) is 1. The zero-order chi connectivity index (χ0) is 20.3. The molecule has 1 aromatic carbocycles. The van der Waals surface area contributed by atoms with E-state index in [9.17, 15) is 14.9 Å². The van der Waals surface area contributed by atoms with E-state index in [1.165, 1.54) is 18.9 Å². The van der Waals surface area contributed by atoms with Crippen LogP contribution in [-0.2, 0) is 4.89 Å². The Labute approximate surface area is 170 Å². The number of hydrogen-bond donors (Lipinski definition) is 2. The van der Waals surface area contributed by atoms with Gasteiger partial charge in [-0.15, -0.1) is 0 Å². The standard InChI is InChI=1S/C22H26ClFN2O2/c1-13-16(12-15-6-3-4-7-15)21(22-17(23)8-5-9-18(22)24)20(14(2)26-13)19(28-27)10-11-25/h5,8-9,15,19,21,26-27H,3-4,6-7,10,12H2,1-2H3. The van der Waals surface area contributed by atoms with Gasteiger partial charge in [-0.1, -0.05) is 43.4 Å². The van der Waals surface area contributed by atoms with E-state index in [-0.39, 0.29) is 6.42 Å². The molecular weight excluding hydrogens is 379 g/mol. The fourth-order valence-electron chi connectivity index (χ4n) is 4.68. The molecule has 1 fully saturated rings. The molecule has 2 unspecified atom stereocenters. The Morgan fingerprint density at radius 2 is 2.04 bits per heavy atom. The van der Waals surface area contributed by atoms with Gasteiger partial charge in [0.15, 0.2) is 0 Å². The molecule has 150 valence electrons.